The van der Waals surface area contributed by atoms with Crippen molar-refractivity contribution in [2.24, 2.45) is 7.05 Å². The number of carbonyl (C=O) groups excluding carboxylic acids is 2. The molecule has 0 radical (unpaired) electrons. The van der Waals surface area contributed by atoms with Gasteiger partial charge in [-0.3, -0.25) is 4.79 Å². The number of carbonyl (C=O) groups is 2. The molecule has 2 N–H and O–H groups in total. The van der Waals surface area contributed by atoms with Crippen molar-refractivity contribution < 1.29 is 24.2 Å². The Morgan fingerprint density at radius 1 is 1.17 bits per heavy atom. The predicted octanol–water partition coefficient (Wildman–Crippen LogP) is 2.69. The molecule has 1 aliphatic carbocycles. The molecule has 1 spiro atoms. The molecule has 2 aromatic rings. The Kier molecular flexibility index (Phi) is 6.87. The van der Waals surface area contributed by atoms with Crippen LogP contribution in [0, 0.1) is 0 Å². The smallest absolute Gasteiger partial charge is 0.318 e. The first-order valence-corrected chi connectivity index (χ1v) is 13.0. The summed E-state index contributed by atoms with van der Waals surface area (Å²) in [7, 11) is 5.20. The number of aliphatic hydroxyl groups is 1. The third kappa shape index (κ3) is 4.12. The molecule has 196 valence electrons. The van der Waals surface area contributed by atoms with Crippen molar-refractivity contribution in [1.29, 1.82) is 0 Å². The van der Waals surface area contributed by atoms with Crippen LogP contribution < -0.4 is 10.1 Å². The summed E-state index contributed by atoms with van der Waals surface area (Å²) in [6.07, 6.45) is 5.77. The lowest BCUT2D eigenvalue weighted by Crippen LogP contribution is -2.58. The summed E-state index contributed by atoms with van der Waals surface area (Å²) in [5.41, 5.74) is 2.88. The number of hydrogen-bond donors (Lipinski definition) is 2. The number of hydrogen-bond acceptors (Lipinski definition) is 5. The van der Waals surface area contributed by atoms with Gasteiger partial charge in [-0.05, 0) is 43.4 Å². The van der Waals surface area contributed by atoms with Gasteiger partial charge in [-0.2, -0.15) is 0 Å². The average molecular weight is 499 g/mol. The van der Waals surface area contributed by atoms with Gasteiger partial charge in [0.05, 0.1) is 25.3 Å². The van der Waals surface area contributed by atoms with Gasteiger partial charge in [0.15, 0.2) is 0 Å². The summed E-state index contributed by atoms with van der Waals surface area (Å²) < 4.78 is 12.7. The second-order valence-corrected chi connectivity index (χ2v) is 10.6. The maximum absolute atomic E-state index is 13.6. The summed E-state index contributed by atoms with van der Waals surface area (Å²) in [5, 5.41) is 15.0. The second-order valence-electron chi connectivity index (χ2n) is 10.6. The summed E-state index contributed by atoms with van der Waals surface area (Å²) >= 11 is 0. The minimum Gasteiger partial charge on any atom is -0.497 e. The Hall–Kier alpha value is -2.78. The van der Waals surface area contributed by atoms with Crippen molar-refractivity contribution in [3.05, 3.63) is 29.5 Å². The van der Waals surface area contributed by atoms with Gasteiger partial charge in [-0.1, -0.05) is 12.8 Å². The molecule has 0 bridgehead atoms. The number of rotatable bonds is 5. The molecule has 1 atom stereocenters. The summed E-state index contributed by atoms with van der Waals surface area (Å²) in [4.78, 5) is 29.9. The number of ether oxygens (including phenoxy) is 2. The molecule has 1 aromatic heterocycles. The van der Waals surface area contributed by atoms with E-state index in [1.54, 1.807) is 7.11 Å². The molecular formula is C27H38N4O5. The number of benzene rings is 1. The predicted molar refractivity (Wildman–Crippen MR) is 136 cm³/mol. The zero-order valence-electron chi connectivity index (χ0n) is 21.6. The fourth-order valence-corrected chi connectivity index (χ4v) is 6.71. The van der Waals surface area contributed by atoms with E-state index in [2.05, 4.69) is 16.0 Å². The van der Waals surface area contributed by atoms with Gasteiger partial charge in [0.2, 0.25) is 5.91 Å². The zero-order valence-corrected chi connectivity index (χ0v) is 21.6. The molecule has 0 unspecified atom stereocenters. The van der Waals surface area contributed by atoms with E-state index < -0.39 is 6.04 Å². The number of piperidine rings is 1. The molecule has 2 fully saturated rings. The van der Waals surface area contributed by atoms with Gasteiger partial charge >= 0.3 is 6.03 Å². The van der Waals surface area contributed by atoms with E-state index >= 15 is 0 Å². The number of amides is 3. The van der Waals surface area contributed by atoms with Crippen molar-refractivity contribution in [2.45, 2.75) is 56.0 Å². The summed E-state index contributed by atoms with van der Waals surface area (Å²) in [6.45, 7) is 1.66. The van der Waals surface area contributed by atoms with Crippen LogP contribution in [0.2, 0.25) is 0 Å². The van der Waals surface area contributed by atoms with E-state index in [0.717, 1.165) is 60.9 Å². The largest absolute Gasteiger partial charge is 0.497 e. The number of likely N-dealkylation sites (tertiary alicyclic amines) is 1. The van der Waals surface area contributed by atoms with Gasteiger partial charge in [0.1, 0.15) is 12.4 Å². The Labute approximate surface area is 212 Å². The van der Waals surface area contributed by atoms with Crippen molar-refractivity contribution in [3.63, 3.8) is 0 Å². The lowest BCUT2D eigenvalue weighted by atomic mass is 9.68. The Balaban J connectivity index is 1.58. The SMILES string of the molecule is COCC(=O)N1CCC2(CC1)CN(C(=O)NC1CCCC1)[C@@H](CO)c1c2c2ccc(OC)cc2n1C. The molecule has 9 heteroatoms. The van der Waals surface area contributed by atoms with Gasteiger partial charge in [-0.15, -0.1) is 0 Å². The Morgan fingerprint density at radius 2 is 1.89 bits per heavy atom. The van der Waals surface area contributed by atoms with Crippen LogP contribution in [-0.4, -0.2) is 84.5 Å². The van der Waals surface area contributed by atoms with Crippen molar-refractivity contribution in [3.8, 4) is 5.75 Å². The maximum Gasteiger partial charge on any atom is 0.318 e. The van der Waals surface area contributed by atoms with Crippen molar-refractivity contribution in [2.75, 3.05) is 47.1 Å². The monoisotopic (exact) mass is 498 g/mol. The van der Waals surface area contributed by atoms with Gasteiger partial charge in [0, 0.05) is 62.4 Å². The highest BCUT2D eigenvalue weighted by atomic mass is 16.5. The van der Waals surface area contributed by atoms with E-state index in [-0.39, 0.29) is 36.6 Å². The normalized spacial score (nSPS) is 21.7. The first kappa shape index (κ1) is 24.9. The molecule has 3 aliphatic rings. The fraction of sp³-hybridized carbons (Fsp3) is 0.630. The minimum atomic E-state index is -0.441. The van der Waals surface area contributed by atoms with Gasteiger partial charge < -0.3 is 34.3 Å². The van der Waals surface area contributed by atoms with Crippen molar-refractivity contribution in [1.82, 2.24) is 19.7 Å². The topological polar surface area (TPSA) is 96.3 Å². The number of nitrogens with one attached hydrogen (secondary N) is 1. The molecule has 5 rings (SSSR count). The van der Waals surface area contributed by atoms with Crippen LogP contribution >= 0.6 is 0 Å². The number of aromatic nitrogens is 1. The number of aryl methyl sites for hydroxylation is 1. The molecule has 1 saturated heterocycles. The molecule has 1 aromatic carbocycles. The van der Waals surface area contributed by atoms with Crippen LogP contribution in [0.25, 0.3) is 10.9 Å². The first-order valence-electron chi connectivity index (χ1n) is 13.0. The third-order valence-corrected chi connectivity index (χ3v) is 8.61. The first-order chi connectivity index (χ1) is 17.4. The van der Waals surface area contributed by atoms with E-state index in [1.807, 2.05) is 29.0 Å². The highest BCUT2D eigenvalue weighted by Crippen LogP contribution is 2.50. The average Bonchev–Trinajstić information content (AvgIpc) is 3.51. The zero-order chi connectivity index (χ0) is 25.4. The standard InChI is InChI=1S/C27H38N4O5/c1-29-21-14-19(36-3)8-9-20(21)24-25(29)22(15-32)31(26(34)28-18-6-4-5-7-18)17-27(24)10-12-30(13-11-27)23(33)16-35-2/h8-9,14,18,22,32H,4-7,10-13,15-17H2,1-3H3,(H,28,34)/t22-/m0/s1. The highest BCUT2D eigenvalue weighted by Gasteiger charge is 2.50. The molecule has 2 aliphatic heterocycles. The Morgan fingerprint density at radius 3 is 2.53 bits per heavy atom. The lowest BCUT2D eigenvalue weighted by Gasteiger charge is -2.50. The number of fused-ring (bicyclic) bond motifs is 4. The third-order valence-electron chi connectivity index (χ3n) is 8.61. The van der Waals surface area contributed by atoms with Crippen LogP contribution in [0.4, 0.5) is 4.79 Å². The number of methoxy groups -OCH3 is 2. The molecule has 3 amide bonds. The number of urea groups is 1. The number of nitrogens with zero attached hydrogens (tertiary/aromatic N) is 3. The molecule has 3 heterocycles. The maximum atomic E-state index is 13.6. The minimum absolute atomic E-state index is 0.00453. The number of aliphatic hydroxyl groups excluding tert-OH is 1. The lowest BCUT2D eigenvalue weighted by molar-refractivity contribution is -0.137. The summed E-state index contributed by atoms with van der Waals surface area (Å²) in [5.74, 6) is 0.765. The highest BCUT2D eigenvalue weighted by molar-refractivity contribution is 5.89. The van der Waals surface area contributed by atoms with Crippen molar-refractivity contribution >= 4 is 22.8 Å². The van der Waals surface area contributed by atoms with Gasteiger partial charge in [-0.25, -0.2) is 4.79 Å². The quantitative estimate of drug-likeness (QED) is 0.661. The molecule has 36 heavy (non-hydrogen) atoms. The fourth-order valence-electron chi connectivity index (χ4n) is 6.71. The second kappa shape index (κ2) is 9.94. The van der Waals surface area contributed by atoms with E-state index in [0.29, 0.717) is 19.6 Å². The van der Waals surface area contributed by atoms with E-state index in [1.165, 1.54) is 12.7 Å². The van der Waals surface area contributed by atoms with Crippen LogP contribution in [-0.2, 0) is 22.0 Å². The van der Waals surface area contributed by atoms with Crippen LogP contribution in [0.3, 0.4) is 0 Å². The Bertz CT molecular complexity index is 1130. The van der Waals surface area contributed by atoms with Gasteiger partial charge in [0.25, 0.3) is 0 Å². The van der Waals surface area contributed by atoms with E-state index in [9.17, 15) is 14.7 Å². The molecule has 1 saturated carbocycles. The summed E-state index contributed by atoms with van der Waals surface area (Å²) in [6, 6.07) is 5.74. The van der Waals surface area contributed by atoms with E-state index in [4.69, 9.17) is 9.47 Å². The van der Waals surface area contributed by atoms with Crippen LogP contribution in [0.15, 0.2) is 18.2 Å². The van der Waals surface area contributed by atoms with Crippen LogP contribution in [0.5, 0.6) is 5.75 Å². The molecule has 9 nitrogen and oxygen atoms in total. The molecular weight excluding hydrogens is 460 g/mol. The van der Waals surface area contributed by atoms with Crippen LogP contribution in [0.1, 0.15) is 55.8 Å².